The van der Waals surface area contributed by atoms with E-state index >= 15 is 0 Å². The highest BCUT2D eigenvalue weighted by molar-refractivity contribution is 6.35. The topological polar surface area (TPSA) is 25.2 Å². The third-order valence-corrected chi connectivity index (χ3v) is 3.67. The van der Waals surface area contributed by atoms with Crippen LogP contribution in [0.1, 0.15) is 5.56 Å². The number of hydrogen-bond acceptors (Lipinski definition) is 2. The van der Waals surface area contributed by atoms with Crippen molar-refractivity contribution in [3.63, 3.8) is 0 Å². The standard InChI is InChI=1S/C15H10ClNO/c16-13-5-1-3-9-7-12-10-4-2-6-17-15(10)18-14(12)8-11(9)13/h1-5,7-8,17H,6H2. The second-order valence-corrected chi connectivity index (χ2v) is 4.84. The highest BCUT2D eigenvalue weighted by atomic mass is 35.5. The first-order valence-electron chi connectivity index (χ1n) is 5.88. The molecule has 0 radical (unpaired) electrons. The molecule has 18 heavy (non-hydrogen) atoms. The second-order valence-electron chi connectivity index (χ2n) is 4.44. The van der Waals surface area contributed by atoms with Gasteiger partial charge in [0, 0.05) is 27.9 Å². The number of fused-ring (bicyclic) bond motifs is 4. The van der Waals surface area contributed by atoms with Gasteiger partial charge in [0.1, 0.15) is 5.58 Å². The fourth-order valence-corrected chi connectivity index (χ4v) is 2.71. The van der Waals surface area contributed by atoms with E-state index in [-0.39, 0.29) is 0 Å². The Morgan fingerprint density at radius 2 is 2.11 bits per heavy atom. The van der Waals surface area contributed by atoms with Gasteiger partial charge in [-0.1, -0.05) is 35.9 Å². The Balaban J connectivity index is 2.16. The summed E-state index contributed by atoms with van der Waals surface area (Å²) in [6.07, 6.45) is 4.20. The molecule has 0 unspecified atom stereocenters. The zero-order valence-corrected chi connectivity index (χ0v) is 10.3. The molecule has 0 saturated heterocycles. The summed E-state index contributed by atoms with van der Waals surface area (Å²) in [7, 11) is 0. The van der Waals surface area contributed by atoms with Gasteiger partial charge in [-0.25, -0.2) is 0 Å². The minimum absolute atomic E-state index is 0.757. The van der Waals surface area contributed by atoms with E-state index in [9.17, 15) is 0 Å². The van der Waals surface area contributed by atoms with Crippen LogP contribution in [0.15, 0.2) is 40.8 Å². The van der Waals surface area contributed by atoms with Crippen LogP contribution >= 0.6 is 11.6 Å². The number of benzene rings is 2. The second kappa shape index (κ2) is 3.53. The van der Waals surface area contributed by atoms with Crippen molar-refractivity contribution in [2.75, 3.05) is 11.9 Å². The van der Waals surface area contributed by atoms with Crippen molar-refractivity contribution >= 4 is 45.3 Å². The fourth-order valence-electron chi connectivity index (χ4n) is 2.47. The lowest BCUT2D eigenvalue weighted by Gasteiger charge is -2.05. The zero-order chi connectivity index (χ0) is 12.1. The number of nitrogens with one attached hydrogen (secondary N) is 1. The van der Waals surface area contributed by atoms with Crippen LogP contribution in [0.4, 0.5) is 5.88 Å². The number of halogens is 1. The number of anilines is 1. The van der Waals surface area contributed by atoms with Gasteiger partial charge in [0.05, 0.1) is 0 Å². The molecule has 1 aromatic heterocycles. The summed E-state index contributed by atoms with van der Waals surface area (Å²) in [5.74, 6) is 0.846. The van der Waals surface area contributed by atoms with Crippen molar-refractivity contribution in [2.45, 2.75) is 0 Å². The fraction of sp³-hybridized carbons (Fsp3) is 0.0667. The molecule has 0 spiro atoms. The van der Waals surface area contributed by atoms with Gasteiger partial charge in [0.25, 0.3) is 0 Å². The Labute approximate surface area is 109 Å². The maximum atomic E-state index is 6.21. The first kappa shape index (κ1) is 10.0. The molecule has 2 nitrogen and oxygen atoms in total. The third kappa shape index (κ3) is 1.30. The summed E-state index contributed by atoms with van der Waals surface area (Å²) in [5.41, 5.74) is 2.00. The highest BCUT2D eigenvalue weighted by Gasteiger charge is 2.15. The van der Waals surface area contributed by atoms with Gasteiger partial charge in [-0.2, -0.15) is 0 Å². The Hall–Kier alpha value is -1.93. The first-order valence-corrected chi connectivity index (χ1v) is 6.26. The summed E-state index contributed by atoms with van der Waals surface area (Å²) < 4.78 is 5.83. The predicted octanol–water partition coefficient (Wildman–Crippen LogP) is 4.68. The van der Waals surface area contributed by atoms with E-state index in [1.165, 1.54) is 0 Å². The van der Waals surface area contributed by atoms with Crippen molar-refractivity contribution in [1.29, 1.82) is 0 Å². The molecule has 1 aliphatic heterocycles. The summed E-state index contributed by atoms with van der Waals surface area (Å²) in [6.45, 7) is 0.813. The SMILES string of the molecule is Clc1cccc2cc3c4c(oc3cc12)NCC=C4. The van der Waals surface area contributed by atoms with Crippen LogP contribution in [-0.4, -0.2) is 6.54 Å². The molecule has 1 N–H and O–H groups in total. The van der Waals surface area contributed by atoms with Crippen molar-refractivity contribution in [3.05, 3.63) is 47.0 Å². The summed E-state index contributed by atoms with van der Waals surface area (Å²) in [5, 5.41) is 7.29. The molecule has 3 aromatic rings. The quantitative estimate of drug-likeness (QED) is 0.631. The van der Waals surface area contributed by atoms with Gasteiger partial charge in [0.15, 0.2) is 0 Å². The highest BCUT2D eigenvalue weighted by Crippen LogP contribution is 2.36. The maximum Gasteiger partial charge on any atom is 0.201 e. The molecule has 1 aliphatic rings. The first-order chi connectivity index (χ1) is 8.83. The summed E-state index contributed by atoms with van der Waals surface area (Å²) in [6, 6.07) is 10.1. The average Bonchev–Trinajstić information content (AvgIpc) is 2.75. The monoisotopic (exact) mass is 255 g/mol. The van der Waals surface area contributed by atoms with Gasteiger partial charge in [0.2, 0.25) is 5.88 Å². The molecule has 2 heterocycles. The molecular formula is C15H10ClNO. The lowest BCUT2D eigenvalue weighted by molar-refractivity contribution is 0.628. The molecule has 4 rings (SSSR count). The van der Waals surface area contributed by atoms with E-state index in [4.69, 9.17) is 16.0 Å². The molecular weight excluding hydrogens is 246 g/mol. The zero-order valence-electron chi connectivity index (χ0n) is 9.53. The van der Waals surface area contributed by atoms with Crippen LogP contribution in [0, 0.1) is 0 Å². The van der Waals surface area contributed by atoms with Gasteiger partial charge >= 0.3 is 0 Å². The van der Waals surface area contributed by atoms with E-state index < -0.39 is 0 Å². The number of hydrogen-bond donors (Lipinski definition) is 1. The number of furan rings is 1. The molecule has 0 amide bonds. The van der Waals surface area contributed by atoms with Crippen molar-refractivity contribution in [2.24, 2.45) is 0 Å². The average molecular weight is 256 g/mol. The normalized spacial score (nSPS) is 13.8. The van der Waals surface area contributed by atoms with E-state index in [0.717, 1.165) is 44.8 Å². The maximum absolute atomic E-state index is 6.21. The third-order valence-electron chi connectivity index (χ3n) is 3.34. The summed E-state index contributed by atoms with van der Waals surface area (Å²) >= 11 is 6.21. The Morgan fingerprint density at radius 3 is 3.06 bits per heavy atom. The van der Waals surface area contributed by atoms with Crippen molar-refractivity contribution in [3.8, 4) is 0 Å². The van der Waals surface area contributed by atoms with Crippen LogP contribution in [-0.2, 0) is 0 Å². The van der Waals surface area contributed by atoms with Crippen molar-refractivity contribution < 1.29 is 4.42 Å². The van der Waals surface area contributed by atoms with Crippen LogP contribution in [0.5, 0.6) is 0 Å². The van der Waals surface area contributed by atoms with E-state index in [1.807, 2.05) is 18.2 Å². The minimum Gasteiger partial charge on any atom is -0.440 e. The molecule has 0 fully saturated rings. The van der Waals surface area contributed by atoms with Crippen LogP contribution in [0.25, 0.3) is 27.8 Å². The molecule has 0 aliphatic carbocycles. The van der Waals surface area contributed by atoms with E-state index in [0.29, 0.717) is 0 Å². The van der Waals surface area contributed by atoms with E-state index in [2.05, 4.69) is 29.6 Å². The van der Waals surface area contributed by atoms with Gasteiger partial charge < -0.3 is 9.73 Å². The molecule has 0 bridgehead atoms. The van der Waals surface area contributed by atoms with Crippen LogP contribution in [0.3, 0.4) is 0 Å². The molecule has 0 atom stereocenters. The summed E-state index contributed by atoms with van der Waals surface area (Å²) in [4.78, 5) is 0. The van der Waals surface area contributed by atoms with Gasteiger partial charge in [-0.15, -0.1) is 0 Å². The molecule has 0 saturated carbocycles. The van der Waals surface area contributed by atoms with Crippen molar-refractivity contribution in [1.82, 2.24) is 0 Å². The minimum atomic E-state index is 0.757. The smallest absolute Gasteiger partial charge is 0.201 e. The predicted molar refractivity (Wildman–Crippen MR) is 76.3 cm³/mol. The number of rotatable bonds is 0. The Kier molecular flexibility index (Phi) is 1.97. The largest absolute Gasteiger partial charge is 0.440 e. The van der Waals surface area contributed by atoms with Crippen LogP contribution < -0.4 is 5.32 Å². The Morgan fingerprint density at radius 1 is 1.17 bits per heavy atom. The Bertz CT molecular complexity index is 801. The lowest BCUT2D eigenvalue weighted by atomic mass is 10.0. The van der Waals surface area contributed by atoms with Crippen LogP contribution in [0.2, 0.25) is 5.02 Å². The molecule has 88 valence electrons. The van der Waals surface area contributed by atoms with E-state index in [1.54, 1.807) is 0 Å². The van der Waals surface area contributed by atoms with Gasteiger partial charge in [-0.3, -0.25) is 0 Å². The van der Waals surface area contributed by atoms with Gasteiger partial charge in [-0.05, 0) is 23.6 Å². The molecule has 3 heteroatoms. The lowest BCUT2D eigenvalue weighted by Crippen LogP contribution is -2.01. The molecule has 2 aromatic carbocycles.